The number of hydrogen-bond donors (Lipinski definition) is 0. The molecule has 1 unspecified atom stereocenters. The molecule has 0 N–H and O–H groups in total. The van der Waals surface area contributed by atoms with E-state index in [0.717, 1.165) is 0 Å². The van der Waals surface area contributed by atoms with Gasteiger partial charge in [0.15, 0.2) is 5.82 Å². The molecule has 0 saturated heterocycles. The zero-order chi connectivity index (χ0) is 10.0. The maximum atomic E-state index is 11.0. The van der Waals surface area contributed by atoms with Crippen LogP contribution in [0.15, 0.2) is 4.52 Å². The molecule has 0 bridgehead atoms. The minimum atomic E-state index is -0.292. The van der Waals surface area contributed by atoms with Crippen LogP contribution in [0.1, 0.15) is 51.2 Å². The highest BCUT2D eigenvalue weighted by Gasteiger charge is 2.18. The normalized spacial score (nSPS) is 13.3. The van der Waals surface area contributed by atoms with Crippen LogP contribution in [0.4, 0.5) is 0 Å². The topological polar surface area (TPSA) is 56.0 Å². The molecule has 0 spiro atoms. The second kappa shape index (κ2) is 3.68. The Balaban J connectivity index is 2.85. The first-order valence-corrected chi connectivity index (χ1v) is 4.36. The molecular weight excluding hydrogens is 168 g/mol. The Kier molecular flexibility index (Phi) is 2.80. The van der Waals surface area contributed by atoms with Crippen LogP contribution in [0.25, 0.3) is 0 Å². The summed E-state index contributed by atoms with van der Waals surface area (Å²) in [5.74, 6) is 1.05. The van der Waals surface area contributed by atoms with E-state index in [-0.39, 0.29) is 17.6 Å². The molecule has 1 rings (SSSR count). The van der Waals surface area contributed by atoms with Crippen LogP contribution in [-0.4, -0.2) is 15.9 Å². The summed E-state index contributed by atoms with van der Waals surface area (Å²) in [7, 11) is 0. The van der Waals surface area contributed by atoms with Crippen molar-refractivity contribution in [2.24, 2.45) is 0 Å². The molecular formula is C9H14N2O2. The van der Waals surface area contributed by atoms with Crippen molar-refractivity contribution in [1.82, 2.24) is 10.1 Å². The average molecular weight is 182 g/mol. The lowest BCUT2D eigenvalue weighted by molar-refractivity contribution is -0.118. The van der Waals surface area contributed by atoms with Gasteiger partial charge in [-0.1, -0.05) is 19.0 Å². The number of carbonyl (C=O) groups is 1. The zero-order valence-corrected chi connectivity index (χ0v) is 8.37. The van der Waals surface area contributed by atoms with Crippen LogP contribution in [0, 0.1) is 0 Å². The summed E-state index contributed by atoms with van der Waals surface area (Å²) < 4.78 is 4.97. The van der Waals surface area contributed by atoms with Gasteiger partial charge >= 0.3 is 0 Å². The third-order valence-corrected chi connectivity index (χ3v) is 1.95. The van der Waals surface area contributed by atoms with Crippen molar-refractivity contribution in [2.45, 2.75) is 39.5 Å². The van der Waals surface area contributed by atoms with E-state index in [1.165, 1.54) is 6.92 Å². The number of nitrogens with zero attached hydrogens (tertiary/aromatic N) is 2. The molecule has 0 amide bonds. The van der Waals surface area contributed by atoms with E-state index >= 15 is 0 Å². The van der Waals surface area contributed by atoms with Gasteiger partial charge < -0.3 is 4.52 Å². The highest BCUT2D eigenvalue weighted by Crippen LogP contribution is 2.16. The molecule has 72 valence electrons. The van der Waals surface area contributed by atoms with Gasteiger partial charge in [-0.15, -0.1) is 0 Å². The smallest absolute Gasteiger partial charge is 0.236 e. The lowest BCUT2D eigenvalue weighted by atomic mass is 10.1. The average Bonchev–Trinajstić information content (AvgIpc) is 2.50. The number of hydrogen-bond acceptors (Lipinski definition) is 4. The first kappa shape index (κ1) is 9.89. The van der Waals surface area contributed by atoms with Crippen molar-refractivity contribution < 1.29 is 9.32 Å². The van der Waals surface area contributed by atoms with Gasteiger partial charge in [-0.25, -0.2) is 0 Å². The van der Waals surface area contributed by atoms with Crippen LogP contribution in [0.3, 0.4) is 0 Å². The summed E-state index contributed by atoms with van der Waals surface area (Å²) >= 11 is 0. The second-order valence-electron chi connectivity index (χ2n) is 3.48. The van der Waals surface area contributed by atoms with Gasteiger partial charge in [-0.05, 0) is 13.8 Å². The van der Waals surface area contributed by atoms with Crippen LogP contribution >= 0.6 is 0 Å². The van der Waals surface area contributed by atoms with E-state index in [0.29, 0.717) is 11.7 Å². The summed E-state index contributed by atoms with van der Waals surface area (Å²) in [6.07, 6.45) is 0. The number of carbonyl (C=O) groups excluding carboxylic acids is 1. The highest BCUT2D eigenvalue weighted by molar-refractivity contribution is 5.81. The van der Waals surface area contributed by atoms with E-state index in [2.05, 4.69) is 10.1 Å². The highest BCUT2D eigenvalue weighted by atomic mass is 16.5. The molecule has 0 aliphatic rings. The fourth-order valence-electron chi connectivity index (χ4n) is 0.832. The summed E-state index contributed by atoms with van der Waals surface area (Å²) in [5, 5.41) is 3.78. The van der Waals surface area contributed by atoms with Gasteiger partial charge in [0, 0.05) is 5.92 Å². The Morgan fingerprint density at radius 2 is 2.00 bits per heavy atom. The molecule has 0 aromatic carbocycles. The Labute approximate surface area is 77.3 Å². The van der Waals surface area contributed by atoms with Crippen molar-refractivity contribution in [1.29, 1.82) is 0 Å². The molecule has 13 heavy (non-hydrogen) atoms. The minimum Gasteiger partial charge on any atom is -0.339 e. The summed E-state index contributed by atoms with van der Waals surface area (Å²) in [6.45, 7) is 7.24. The maximum Gasteiger partial charge on any atom is 0.236 e. The summed E-state index contributed by atoms with van der Waals surface area (Å²) in [6, 6.07) is 0. The number of rotatable bonds is 3. The standard InChI is InChI=1S/C9H14N2O2/c1-5(2)8-10-9(13-11-8)6(3)7(4)12/h5-6H,1-4H3. The molecule has 1 aromatic rings. The second-order valence-corrected chi connectivity index (χ2v) is 3.48. The van der Waals surface area contributed by atoms with Crippen LogP contribution in [-0.2, 0) is 4.79 Å². The van der Waals surface area contributed by atoms with Crippen molar-refractivity contribution >= 4 is 5.78 Å². The molecule has 0 aliphatic carbocycles. The number of ketones is 1. The monoisotopic (exact) mass is 182 g/mol. The molecule has 4 heteroatoms. The zero-order valence-electron chi connectivity index (χ0n) is 8.37. The Hall–Kier alpha value is -1.19. The summed E-state index contributed by atoms with van der Waals surface area (Å²) in [5.41, 5.74) is 0. The lowest BCUT2D eigenvalue weighted by Gasteiger charge is -1.98. The molecule has 1 atom stereocenters. The van der Waals surface area contributed by atoms with E-state index in [1.54, 1.807) is 6.92 Å². The largest absolute Gasteiger partial charge is 0.339 e. The SMILES string of the molecule is CC(=O)C(C)c1nc(C(C)C)no1. The van der Waals surface area contributed by atoms with Crippen LogP contribution in [0.5, 0.6) is 0 Å². The third-order valence-electron chi connectivity index (χ3n) is 1.95. The Morgan fingerprint density at radius 1 is 1.38 bits per heavy atom. The molecule has 1 aromatic heterocycles. The predicted molar refractivity (Wildman–Crippen MR) is 47.5 cm³/mol. The Morgan fingerprint density at radius 3 is 2.38 bits per heavy atom. The molecule has 0 radical (unpaired) electrons. The fourth-order valence-corrected chi connectivity index (χ4v) is 0.832. The van der Waals surface area contributed by atoms with Crippen molar-refractivity contribution in [2.75, 3.05) is 0 Å². The Bertz CT molecular complexity index is 304. The maximum absolute atomic E-state index is 11.0. The van der Waals surface area contributed by atoms with Crippen molar-refractivity contribution in [3.63, 3.8) is 0 Å². The molecule has 1 heterocycles. The molecule has 0 fully saturated rings. The molecule has 4 nitrogen and oxygen atoms in total. The quantitative estimate of drug-likeness (QED) is 0.716. The van der Waals surface area contributed by atoms with Crippen molar-refractivity contribution in [3.05, 3.63) is 11.7 Å². The van der Waals surface area contributed by atoms with Gasteiger partial charge in [0.05, 0.1) is 5.92 Å². The van der Waals surface area contributed by atoms with E-state index < -0.39 is 0 Å². The van der Waals surface area contributed by atoms with Gasteiger partial charge in [0.25, 0.3) is 0 Å². The van der Waals surface area contributed by atoms with Gasteiger partial charge in [-0.2, -0.15) is 4.98 Å². The van der Waals surface area contributed by atoms with E-state index in [9.17, 15) is 4.79 Å². The predicted octanol–water partition coefficient (Wildman–Crippen LogP) is 1.89. The van der Waals surface area contributed by atoms with Crippen LogP contribution < -0.4 is 0 Å². The first-order valence-electron chi connectivity index (χ1n) is 4.36. The fraction of sp³-hybridized carbons (Fsp3) is 0.667. The number of Topliss-reactive ketones (excluding diaryl/α,β-unsaturated/α-hetero) is 1. The molecule has 0 aliphatic heterocycles. The lowest BCUT2D eigenvalue weighted by Crippen LogP contribution is -2.04. The first-order chi connectivity index (χ1) is 6.02. The minimum absolute atomic E-state index is 0.0407. The van der Waals surface area contributed by atoms with E-state index in [1.807, 2.05) is 13.8 Å². The van der Waals surface area contributed by atoms with Gasteiger partial charge in [0.1, 0.15) is 5.78 Å². The number of aromatic nitrogens is 2. The third kappa shape index (κ3) is 2.14. The van der Waals surface area contributed by atoms with E-state index in [4.69, 9.17) is 4.52 Å². The van der Waals surface area contributed by atoms with Gasteiger partial charge in [-0.3, -0.25) is 4.79 Å². The van der Waals surface area contributed by atoms with Gasteiger partial charge in [0.2, 0.25) is 5.89 Å². The van der Waals surface area contributed by atoms with Crippen LogP contribution in [0.2, 0.25) is 0 Å². The summed E-state index contributed by atoms with van der Waals surface area (Å²) in [4.78, 5) is 15.1. The van der Waals surface area contributed by atoms with Crippen molar-refractivity contribution in [3.8, 4) is 0 Å². The molecule has 0 saturated carbocycles.